The summed E-state index contributed by atoms with van der Waals surface area (Å²) < 4.78 is 42.3. The van der Waals surface area contributed by atoms with E-state index in [0.29, 0.717) is 16.8 Å². The zero-order valence-electron chi connectivity index (χ0n) is 16.4. The predicted molar refractivity (Wildman–Crippen MR) is 108 cm³/mol. The second-order valence-corrected chi connectivity index (χ2v) is 6.44. The second kappa shape index (κ2) is 9.90. The van der Waals surface area contributed by atoms with Crippen molar-refractivity contribution in [3.05, 3.63) is 58.6 Å². The number of nitrogens with zero attached hydrogens (tertiary/aromatic N) is 2. The number of nitrogens with two attached hydrogens (primary N) is 1. The third-order valence-corrected chi connectivity index (χ3v) is 3.95. The van der Waals surface area contributed by atoms with Crippen molar-refractivity contribution < 1.29 is 13.2 Å². The highest BCUT2D eigenvalue weighted by molar-refractivity contribution is 5.87. The van der Waals surface area contributed by atoms with E-state index in [1.165, 1.54) is 6.21 Å². The van der Waals surface area contributed by atoms with Crippen molar-refractivity contribution in [3.63, 3.8) is 0 Å². The number of nitrogen functional groups attached to an aromatic ring is 1. The van der Waals surface area contributed by atoms with E-state index in [4.69, 9.17) is 5.73 Å². The maximum atomic E-state index is 14.2. The molecule has 0 amide bonds. The number of rotatable bonds is 7. The van der Waals surface area contributed by atoms with Crippen molar-refractivity contribution in [1.29, 1.82) is 0 Å². The van der Waals surface area contributed by atoms with Crippen molar-refractivity contribution in [2.45, 2.75) is 41.0 Å². The first-order valence-electron chi connectivity index (χ1n) is 8.65. The first-order valence-corrected chi connectivity index (χ1v) is 8.65. The number of halogens is 3. The average molecular weight is 377 g/mol. The first kappa shape index (κ1) is 22.4. The summed E-state index contributed by atoms with van der Waals surface area (Å²) in [6, 6.07) is 2.06. The number of benzene rings is 1. The molecule has 6 heteroatoms. The van der Waals surface area contributed by atoms with Crippen LogP contribution in [0.15, 0.2) is 51.4 Å². The van der Waals surface area contributed by atoms with Gasteiger partial charge in [0.15, 0.2) is 5.82 Å². The Morgan fingerprint density at radius 3 is 2.37 bits per heavy atom. The minimum atomic E-state index is -1.05. The normalized spacial score (nSPS) is 15.1. The number of anilines is 1. The largest absolute Gasteiger partial charge is 0.396 e. The number of hydrogen-bond donors (Lipinski definition) is 1. The van der Waals surface area contributed by atoms with Gasteiger partial charge in [-0.05, 0) is 56.4 Å². The lowest BCUT2D eigenvalue weighted by molar-refractivity contribution is 0.575. The molecule has 1 unspecified atom stereocenters. The SMILES string of the molecule is C=C(C)\C(N=CC(C)CC)=C(C)/C=N/C(=C(\C)F)c1c(F)ccc(N)c1F. The van der Waals surface area contributed by atoms with Crippen LogP contribution in [-0.4, -0.2) is 12.4 Å². The summed E-state index contributed by atoms with van der Waals surface area (Å²) in [6.45, 7) is 12.5. The molecule has 0 spiro atoms. The van der Waals surface area contributed by atoms with Gasteiger partial charge in [-0.25, -0.2) is 13.2 Å². The van der Waals surface area contributed by atoms with Crippen molar-refractivity contribution in [1.82, 2.24) is 0 Å². The fraction of sp³-hybridized carbons (Fsp3) is 0.333. The Labute approximate surface area is 158 Å². The molecule has 0 aliphatic carbocycles. The molecule has 3 nitrogen and oxygen atoms in total. The fourth-order valence-electron chi connectivity index (χ4n) is 2.19. The molecule has 0 aliphatic rings. The van der Waals surface area contributed by atoms with Crippen molar-refractivity contribution in [2.75, 3.05) is 5.73 Å². The number of allylic oxidation sites excluding steroid dienone is 3. The van der Waals surface area contributed by atoms with E-state index in [1.54, 1.807) is 20.1 Å². The lowest BCUT2D eigenvalue weighted by Crippen LogP contribution is -2.01. The van der Waals surface area contributed by atoms with Crippen LogP contribution in [0.5, 0.6) is 0 Å². The van der Waals surface area contributed by atoms with E-state index >= 15 is 0 Å². The molecule has 2 N–H and O–H groups in total. The monoisotopic (exact) mass is 377 g/mol. The molecule has 0 fully saturated rings. The minimum Gasteiger partial charge on any atom is -0.396 e. The van der Waals surface area contributed by atoms with Crippen LogP contribution in [0, 0.1) is 17.6 Å². The molecule has 1 atom stereocenters. The third-order valence-electron chi connectivity index (χ3n) is 3.95. The van der Waals surface area contributed by atoms with Crippen molar-refractivity contribution >= 4 is 23.8 Å². The Kier molecular flexibility index (Phi) is 8.22. The molecule has 0 bridgehead atoms. The highest BCUT2D eigenvalue weighted by Crippen LogP contribution is 2.29. The molecule has 27 heavy (non-hydrogen) atoms. The summed E-state index contributed by atoms with van der Waals surface area (Å²) in [6.07, 6.45) is 4.05. The minimum absolute atomic E-state index is 0.281. The molecule has 0 aliphatic heterocycles. The summed E-state index contributed by atoms with van der Waals surface area (Å²) >= 11 is 0. The van der Waals surface area contributed by atoms with Gasteiger partial charge >= 0.3 is 0 Å². The van der Waals surface area contributed by atoms with Crippen LogP contribution in [0.1, 0.15) is 46.6 Å². The summed E-state index contributed by atoms with van der Waals surface area (Å²) in [7, 11) is 0. The molecular formula is C21H26F3N3. The van der Waals surface area contributed by atoms with E-state index in [-0.39, 0.29) is 11.6 Å². The molecule has 0 saturated heterocycles. The standard InChI is InChI=1S/C21H26F3N3/c1-7-13(4)10-26-20(12(2)3)14(5)11-27-21(15(6)22)18-16(23)8-9-17(25)19(18)24/h8-11,13H,2,7,25H2,1,3-6H3/b20-14+,21-15+,26-10?,27-11+. The first-order chi connectivity index (χ1) is 12.6. The van der Waals surface area contributed by atoms with Crippen molar-refractivity contribution in [3.8, 4) is 0 Å². The summed E-state index contributed by atoms with van der Waals surface area (Å²) in [4.78, 5) is 8.40. The van der Waals surface area contributed by atoms with Gasteiger partial charge in [0, 0.05) is 12.4 Å². The molecule has 0 saturated carbocycles. The zero-order valence-corrected chi connectivity index (χ0v) is 16.4. The van der Waals surface area contributed by atoms with E-state index in [0.717, 1.165) is 25.5 Å². The van der Waals surface area contributed by atoms with Crippen LogP contribution in [0.3, 0.4) is 0 Å². The zero-order chi connectivity index (χ0) is 20.7. The van der Waals surface area contributed by atoms with Crippen molar-refractivity contribution in [2.24, 2.45) is 15.9 Å². The van der Waals surface area contributed by atoms with E-state index in [1.807, 2.05) is 13.8 Å². The summed E-state index contributed by atoms with van der Waals surface area (Å²) in [5.41, 5.74) is 6.01. The predicted octanol–water partition coefficient (Wildman–Crippen LogP) is 6.24. The van der Waals surface area contributed by atoms with E-state index in [2.05, 4.69) is 16.6 Å². The van der Waals surface area contributed by atoms with Gasteiger partial charge in [-0.15, -0.1) is 0 Å². The van der Waals surface area contributed by atoms with Gasteiger partial charge in [-0.3, -0.25) is 9.98 Å². The molecule has 0 radical (unpaired) electrons. The Balaban J connectivity index is 3.41. The lowest BCUT2D eigenvalue weighted by atomic mass is 10.1. The van der Waals surface area contributed by atoms with Crippen LogP contribution in [0.25, 0.3) is 5.70 Å². The smallest absolute Gasteiger partial charge is 0.158 e. The van der Waals surface area contributed by atoms with Gasteiger partial charge in [-0.1, -0.05) is 20.4 Å². The topological polar surface area (TPSA) is 50.7 Å². The molecular weight excluding hydrogens is 351 g/mol. The van der Waals surface area contributed by atoms with Crippen LogP contribution in [-0.2, 0) is 0 Å². The molecule has 146 valence electrons. The Morgan fingerprint density at radius 1 is 1.22 bits per heavy atom. The maximum absolute atomic E-state index is 14.2. The second-order valence-electron chi connectivity index (χ2n) is 6.44. The van der Waals surface area contributed by atoms with Gasteiger partial charge in [0.1, 0.15) is 17.3 Å². The highest BCUT2D eigenvalue weighted by atomic mass is 19.1. The maximum Gasteiger partial charge on any atom is 0.158 e. The Bertz CT molecular complexity index is 829. The number of hydrogen-bond acceptors (Lipinski definition) is 3. The average Bonchev–Trinajstić information content (AvgIpc) is 2.60. The van der Waals surface area contributed by atoms with Gasteiger partial charge in [0.25, 0.3) is 0 Å². The molecule has 0 aromatic heterocycles. The Morgan fingerprint density at radius 2 is 1.85 bits per heavy atom. The molecule has 1 aromatic rings. The van der Waals surface area contributed by atoms with E-state index in [9.17, 15) is 13.2 Å². The quantitative estimate of drug-likeness (QED) is 0.341. The van der Waals surface area contributed by atoms with Gasteiger partial charge in [0.05, 0.1) is 16.9 Å². The lowest BCUT2D eigenvalue weighted by Gasteiger charge is -2.09. The van der Waals surface area contributed by atoms with E-state index < -0.39 is 28.7 Å². The fourth-order valence-corrected chi connectivity index (χ4v) is 2.19. The third kappa shape index (κ3) is 5.94. The Hall–Kier alpha value is -2.63. The molecule has 1 aromatic carbocycles. The van der Waals surface area contributed by atoms with Gasteiger partial charge in [-0.2, -0.15) is 0 Å². The van der Waals surface area contributed by atoms with Gasteiger partial charge in [0.2, 0.25) is 0 Å². The highest BCUT2D eigenvalue weighted by Gasteiger charge is 2.18. The summed E-state index contributed by atoms with van der Waals surface area (Å²) in [5, 5.41) is 0. The van der Waals surface area contributed by atoms with Gasteiger partial charge < -0.3 is 5.73 Å². The van der Waals surface area contributed by atoms with Crippen LogP contribution >= 0.6 is 0 Å². The number of aliphatic imine (C=N–C) groups is 2. The summed E-state index contributed by atoms with van der Waals surface area (Å²) in [5.74, 6) is -2.54. The molecule has 0 heterocycles. The molecule has 1 rings (SSSR count). The van der Waals surface area contributed by atoms with Crippen LogP contribution in [0.2, 0.25) is 0 Å². The van der Waals surface area contributed by atoms with Crippen LogP contribution < -0.4 is 5.73 Å². The van der Waals surface area contributed by atoms with Crippen LogP contribution in [0.4, 0.5) is 18.9 Å².